The molecule has 0 aromatic heterocycles. The second-order valence-corrected chi connectivity index (χ2v) is 9.43. The van der Waals surface area contributed by atoms with Gasteiger partial charge in [-0.15, -0.1) is 11.8 Å². The highest BCUT2D eigenvalue weighted by atomic mass is 32.2. The molecule has 31 heavy (non-hydrogen) atoms. The quantitative estimate of drug-likeness (QED) is 0.463. The van der Waals surface area contributed by atoms with Crippen molar-refractivity contribution in [1.82, 2.24) is 15.5 Å². The Bertz CT molecular complexity index is 913. The van der Waals surface area contributed by atoms with Crippen molar-refractivity contribution in [3.05, 3.63) is 48.0 Å². The van der Waals surface area contributed by atoms with E-state index in [0.29, 0.717) is 16.9 Å². The first-order valence-electron chi connectivity index (χ1n) is 9.68. The molecule has 10 heteroatoms. The number of nitrogens with zero attached hydrogens (tertiary/aromatic N) is 1. The number of nitrogens with one attached hydrogen (secondary N) is 2. The van der Waals surface area contributed by atoms with Crippen molar-refractivity contribution < 1.29 is 29.0 Å². The van der Waals surface area contributed by atoms with Crippen LogP contribution in [0.1, 0.15) is 32.4 Å². The van der Waals surface area contributed by atoms with Crippen LogP contribution in [0.3, 0.4) is 0 Å². The molecule has 2 aliphatic rings. The van der Waals surface area contributed by atoms with E-state index >= 15 is 0 Å². The highest BCUT2D eigenvalue weighted by molar-refractivity contribution is 8.00. The molecule has 3 amide bonds. The third-order valence-corrected chi connectivity index (χ3v) is 6.15. The number of carboxylic acids is 1. The monoisotopic (exact) mass is 447 g/mol. The van der Waals surface area contributed by atoms with E-state index in [1.807, 2.05) is 0 Å². The molecule has 2 heterocycles. The summed E-state index contributed by atoms with van der Waals surface area (Å²) in [4.78, 5) is 50.8. The summed E-state index contributed by atoms with van der Waals surface area (Å²) in [5.41, 5.74) is 0.197. The molecule has 4 atom stereocenters. The standard InChI is InChI=1S/C21H25N3O6S/c1-11-10-31-18-14(17(26)24(18)15(11)19(27)28)22-16(25)13(12-8-6-5-7-9-12)23-20(29)30-21(2,3)4/h5-9,13-15,18H,1,10H2,2-4H3,(H,22,25)(H,23,29)(H,27,28)/t13?,14-,15?,18+/m1/s1. The molecule has 0 saturated carbocycles. The van der Waals surface area contributed by atoms with Gasteiger partial charge in [0.15, 0.2) is 6.04 Å². The molecule has 0 radical (unpaired) electrons. The number of carbonyl (C=O) groups is 4. The van der Waals surface area contributed by atoms with Gasteiger partial charge in [-0.3, -0.25) is 9.59 Å². The highest BCUT2D eigenvalue weighted by Crippen LogP contribution is 2.40. The van der Waals surface area contributed by atoms with Gasteiger partial charge in [0.2, 0.25) is 11.8 Å². The topological polar surface area (TPSA) is 125 Å². The number of benzene rings is 1. The van der Waals surface area contributed by atoms with Crippen molar-refractivity contribution in [1.29, 1.82) is 0 Å². The summed E-state index contributed by atoms with van der Waals surface area (Å²) >= 11 is 1.34. The third kappa shape index (κ3) is 4.84. The van der Waals surface area contributed by atoms with Crippen LogP contribution in [0.15, 0.2) is 42.5 Å². The van der Waals surface area contributed by atoms with Gasteiger partial charge >= 0.3 is 12.1 Å². The van der Waals surface area contributed by atoms with Crippen molar-refractivity contribution in [2.75, 3.05) is 5.75 Å². The Kier molecular flexibility index (Phi) is 6.30. The molecule has 0 bridgehead atoms. The van der Waals surface area contributed by atoms with Gasteiger partial charge in [0.25, 0.3) is 0 Å². The second kappa shape index (κ2) is 8.62. The van der Waals surface area contributed by atoms with Crippen molar-refractivity contribution in [2.24, 2.45) is 0 Å². The average molecular weight is 448 g/mol. The molecule has 2 aliphatic heterocycles. The maximum Gasteiger partial charge on any atom is 0.408 e. The largest absolute Gasteiger partial charge is 0.479 e. The lowest BCUT2D eigenvalue weighted by molar-refractivity contribution is -0.160. The number of alkyl carbamates (subject to hydrolysis) is 1. The van der Waals surface area contributed by atoms with Crippen molar-refractivity contribution in [3.63, 3.8) is 0 Å². The van der Waals surface area contributed by atoms with Crippen LogP contribution in [0, 0.1) is 0 Å². The first-order chi connectivity index (χ1) is 14.5. The number of hydrogen-bond acceptors (Lipinski definition) is 6. The molecular formula is C21H25N3O6S. The van der Waals surface area contributed by atoms with Gasteiger partial charge in [0, 0.05) is 5.75 Å². The zero-order valence-corrected chi connectivity index (χ0v) is 18.3. The lowest BCUT2D eigenvalue weighted by atomic mass is 9.98. The predicted octanol–water partition coefficient (Wildman–Crippen LogP) is 1.66. The van der Waals surface area contributed by atoms with Gasteiger partial charge in [0.1, 0.15) is 23.1 Å². The van der Waals surface area contributed by atoms with Gasteiger partial charge in [0.05, 0.1) is 0 Å². The van der Waals surface area contributed by atoms with Crippen LogP contribution in [0.25, 0.3) is 0 Å². The lowest BCUT2D eigenvalue weighted by Gasteiger charge is -2.52. The fraction of sp³-hybridized carbons (Fsp3) is 0.429. The van der Waals surface area contributed by atoms with Gasteiger partial charge < -0.3 is 25.4 Å². The van der Waals surface area contributed by atoms with Crippen LogP contribution in [0.5, 0.6) is 0 Å². The molecule has 166 valence electrons. The predicted molar refractivity (Wildman–Crippen MR) is 114 cm³/mol. The Morgan fingerprint density at radius 2 is 1.90 bits per heavy atom. The van der Waals surface area contributed by atoms with Crippen LogP contribution in [0.2, 0.25) is 0 Å². The first kappa shape index (κ1) is 22.7. The molecule has 3 N–H and O–H groups in total. The van der Waals surface area contributed by atoms with E-state index in [1.54, 1.807) is 51.1 Å². The average Bonchev–Trinajstić information content (AvgIpc) is 2.69. The molecule has 2 unspecified atom stereocenters. The van der Waals surface area contributed by atoms with Crippen LogP contribution < -0.4 is 10.6 Å². The van der Waals surface area contributed by atoms with Gasteiger partial charge in [-0.05, 0) is 31.9 Å². The number of thioether (sulfide) groups is 1. The second-order valence-electron chi connectivity index (χ2n) is 8.32. The minimum absolute atomic E-state index is 0.371. The van der Waals surface area contributed by atoms with Gasteiger partial charge in [-0.2, -0.15) is 0 Å². The van der Waals surface area contributed by atoms with E-state index in [2.05, 4.69) is 17.2 Å². The smallest absolute Gasteiger partial charge is 0.408 e. The number of carbonyl (C=O) groups excluding carboxylic acids is 3. The summed E-state index contributed by atoms with van der Waals surface area (Å²) in [6, 6.07) is 5.50. The molecule has 2 fully saturated rings. The molecule has 0 spiro atoms. The van der Waals surface area contributed by atoms with Crippen LogP contribution in [-0.4, -0.2) is 62.7 Å². The number of rotatable bonds is 5. The van der Waals surface area contributed by atoms with Gasteiger partial charge in [-0.25, -0.2) is 9.59 Å². The Morgan fingerprint density at radius 1 is 1.26 bits per heavy atom. The van der Waals surface area contributed by atoms with Crippen molar-refractivity contribution in [3.8, 4) is 0 Å². The highest BCUT2D eigenvalue weighted by Gasteiger charge is 2.56. The zero-order chi connectivity index (χ0) is 22.9. The van der Waals surface area contributed by atoms with E-state index in [9.17, 15) is 24.3 Å². The molecule has 1 aromatic carbocycles. The molecule has 3 rings (SSSR count). The van der Waals surface area contributed by atoms with E-state index in [0.717, 1.165) is 0 Å². The van der Waals surface area contributed by atoms with E-state index in [1.165, 1.54) is 16.7 Å². The zero-order valence-electron chi connectivity index (χ0n) is 17.5. The number of aliphatic carboxylic acids is 1. The van der Waals surface area contributed by atoms with Crippen LogP contribution >= 0.6 is 11.8 Å². The summed E-state index contributed by atoms with van der Waals surface area (Å²) < 4.78 is 5.26. The van der Waals surface area contributed by atoms with E-state index in [4.69, 9.17) is 4.74 Å². The number of carboxylic acid groups (broad SMARTS) is 1. The Balaban J connectivity index is 1.75. The molecule has 2 saturated heterocycles. The molecule has 9 nitrogen and oxygen atoms in total. The maximum absolute atomic E-state index is 13.1. The number of ether oxygens (including phenoxy) is 1. The Hall–Kier alpha value is -3.01. The summed E-state index contributed by atoms with van der Waals surface area (Å²) in [5.74, 6) is -1.87. The van der Waals surface area contributed by atoms with Gasteiger partial charge in [-0.1, -0.05) is 36.9 Å². The molecule has 1 aromatic rings. The minimum atomic E-state index is -1.15. The number of β-lactam (4-membered cyclic amide) rings is 1. The van der Waals surface area contributed by atoms with Crippen LogP contribution in [-0.2, 0) is 19.1 Å². The maximum atomic E-state index is 13.1. The van der Waals surface area contributed by atoms with Crippen molar-refractivity contribution >= 4 is 35.6 Å². The number of amides is 3. The molecular weight excluding hydrogens is 422 g/mol. The first-order valence-corrected chi connectivity index (χ1v) is 10.7. The SMILES string of the molecule is C=C1CS[C@H]2[C@H](NC(=O)C(NC(=O)OC(C)(C)C)c3ccccc3)C(=O)N2C1C(=O)O. The molecule has 0 aliphatic carbocycles. The normalized spacial score (nSPS) is 23.8. The van der Waals surface area contributed by atoms with E-state index < -0.39 is 53.0 Å². The Morgan fingerprint density at radius 3 is 2.48 bits per heavy atom. The third-order valence-electron chi connectivity index (χ3n) is 4.77. The summed E-state index contributed by atoms with van der Waals surface area (Å²) in [6.07, 6.45) is -0.771. The number of fused-ring (bicyclic) bond motifs is 1. The lowest BCUT2D eigenvalue weighted by Crippen LogP contribution is -2.75. The summed E-state index contributed by atoms with van der Waals surface area (Å²) in [7, 11) is 0. The minimum Gasteiger partial charge on any atom is -0.479 e. The number of hydrogen-bond donors (Lipinski definition) is 3. The van der Waals surface area contributed by atoms with Crippen LogP contribution in [0.4, 0.5) is 4.79 Å². The fourth-order valence-electron chi connectivity index (χ4n) is 3.44. The fourth-order valence-corrected chi connectivity index (χ4v) is 4.75. The summed E-state index contributed by atoms with van der Waals surface area (Å²) in [5, 5.41) is 14.1. The van der Waals surface area contributed by atoms with Crippen molar-refractivity contribution in [2.45, 2.75) is 49.9 Å². The Labute approximate surface area is 184 Å². The summed E-state index contributed by atoms with van der Waals surface area (Å²) in [6.45, 7) is 8.86. The van der Waals surface area contributed by atoms with E-state index in [-0.39, 0.29) is 0 Å².